The molecule has 5 heteroatoms. The van der Waals surface area contributed by atoms with Gasteiger partial charge in [-0.2, -0.15) is 0 Å². The van der Waals surface area contributed by atoms with Crippen molar-refractivity contribution in [1.29, 1.82) is 0 Å². The van der Waals surface area contributed by atoms with Crippen LogP contribution < -0.4 is 5.32 Å². The molecule has 0 aromatic heterocycles. The van der Waals surface area contributed by atoms with Gasteiger partial charge in [0.15, 0.2) is 0 Å². The highest BCUT2D eigenvalue weighted by molar-refractivity contribution is 5.96. The van der Waals surface area contributed by atoms with E-state index < -0.39 is 4.92 Å². The lowest BCUT2D eigenvalue weighted by atomic mass is 10.0. The first-order chi connectivity index (χ1) is 11.6. The van der Waals surface area contributed by atoms with Crippen LogP contribution in [-0.4, -0.2) is 10.8 Å². The summed E-state index contributed by atoms with van der Waals surface area (Å²) in [5.74, 6) is -0.199. The molecule has 0 bridgehead atoms. The van der Waals surface area contributed by atoms with Crippen molar-refractivity contribution in [3.05, 3.63) is 81.9 Å². The molecule has 3 aromatic rings. The number of carbonyl (C=O) groups excluding carboxylic acids is 1. The van der Waals surface area contributed by atoms with Crippen LogP contribution in [0.2, 0.25) is 0 Å². The number of hydrogen-bond acceptors (Lipinski definition) is 3. The molecule has 0 atom stereocenters. The van der Waals surface area contributed by atoms with Gasteiger partial charge >= 0.3 is 0 Å². The quantitative estimate of drug-likeness (QED) is 0.577. The number of rotatable bonds is 4. The molecule has 5 nitrogen and oxygen atoms in total. The van der Waals surface area contributed by atoms with Crippen LogP contribution in [0.4, 0.5) is 11.4 Å². The maximum Gasteiger partial charge on any atom is 0.274 e. The van der Waals surface area contributed by atoms with Crippen LogP contribution in [0.3, 0.4) is 0 Å². The predicted octanol–water partition coefficient (Wildman–Crippen LogP) is 4.24. The number of carbonyl (C=O) groups is 1. The van der Waals surface area contributed by atoms with E-state index in [0.717, 1.165) is 16.3 Å². The number of fused-ring (bicyclic) bond motifs is 1. The minimum atomic E-state index is -0.449. The van der Waals surface area contributed by atoms with E-state index in [1.165, 1.54) is 6.07 Å². The molecular formula is C19H16N2O3. The van der Waals surface area contributed by atoms with Gasteiger partial charge in [0.05, 0.1) is 22.6 Å². The SMILES string of the molecule is Cc1c(NC(=O)Cc2cccc3ccccc23)cccc1[N+](=O)[O-]. The molecule has 0 aliphatic rings. The second-order valence-electron chi connectivity index (χ2n) is 5.57. The maximum atomic E-state index is 12.4. The van der Waals surface area contributed by atoms with Gasteiger partial charge in [-0.3, -0.25) is 14.9 Å². The Labute approximate surface area is 139 Å². The first kappa shape index (κ1) is 15.7. The number of hydrogen-bond donors (Lipinski definition) is 1. The summed E-state index contributed by atoms with van der Waals surface area (Å²) in [7, 11) is 0. The Morgan fingerprint density at radius 2 is 1.75 bits per heavy atom. The Morgan fingerprint density at radius 1 is 1.04 bits per heavy atom. The third-order valence-corrected chi connectivity index (χ3v) is 4.01. The Bertz CT molecular complexity index is 930. The number of benzene rings is 3. The zero-order valence-electron chi connectivity index (χ0n) is 13.2. The van der Waals surface area contributed by atoms with Crippen LogP contribution in [-0.2, 0) is 11.2 Å². The van der Waals surface area contributed by atoms with Gasteiger partial charge in [0.25, 0.3) is 5.69 Å². The molecule has 0 aliphatic carbocycles. The molecule has 0 saturated carbocycles. The van der Waals surface area contributed by atoms with E-state index in [-0.39, 0.29) is 18.0 Å². The van der Waals surface area contributed by atoms with E-state index in [2.05, 4.69) is 5.32 Å². The van der Waals surface area contributed by atoms with Crippen molar-refractivity contribution in [2.75, 3.05) is 5.32 Å². The van der Waals surface area contributed by atoms with Gasteiger partial charge in [-0.15, -0.1) is 0 Å². The Hall–Kier alpha value is -3.21. The van der Waals surface area contributed by atoms with E-state index in [1.54, 1.807) is 19.1 Å². The van der Waals surface area contributed by atoms with E-state index in [9.17, 15) is 14.9 Å². The lowest BCUT2D eigenvalue weighted by molar-refractivity contribution is -0.385. The van der Waals surface area contributed by atoms with E-state index >= 15 is 0 Å². The van der Waals surface area contributed by atoms with Crippen LogP contribution in [0.25, 0.3) is 10.8 Å². The van der Waals surface area contributed by atoms with E-state index in [1.807, 2.05) is 42.5 Å². The zero-order chi connectivity index (χ0) is 17.1. The molecule has 120 valence electrons. The van der Waals surface area contributed by atoms with Gasteiger partial charge in [-0.05, 0) is 29.3 Å². The Balaban J connectivity index is 1.84. The second kappa shape index (κ2) is 6.50. The molecule has 0 radical (unpaired) electrons. The molecule has 0 fully saturated rings. The third kappa shape index (κ3) is 3.10. The minimum Gasteiger partial charge on any atom is -0.325 e. The highest BCUT2D eigenvalue weighted by atomic mass is 16.6. The summed E-state index contributed by atoms with van der Waals surface area (Å²) in [5, 5.41) is 15.9. The highest BCUT2D eigenvalue weighted by Gasteiger charge is 2.15. The molecule has 3 rings (SSSR count). The predicted molar refractivity (Wildman–Crippen MR) is 94.1 cm³/mol. The van der Waals surface area contributed by atoms with Gasteiger partial charge in [-0.25, -0.2) is 0 Å². The van der Waals surface area contributed by atoms with Gasteiger partial charge in [0.1, 0.15) is 0 Å². The van der Waals surface area contributed by atoms with Crippen molar-refractivity contribution in [2.45, 2.75) is 13.3 Å². The largest absolute Gasteiger partial charge is 0.325 e. The first-order valence-corrected chi connectivity index (χ1v) is 7.57. The number of nitro groups is 1. The molecule has 0 saturated heterocycles. The average molecular weight is 320 g/mol. The van der Waals surface area contributed by atoms with Crippen molar-refractivity contribution < 1.29 is 9.72 Å². The summed E-state index contributed by atoms with van der Waals surface area (Å²) in [6.45, 7) is 1.63. The van der Waals surface area contributed by atoms with Crippen LogP contribution in [0.5, 0.6) is 0 Å². The van der Waals surface area contributed by atoms with Gasteiger partial charge < -0.3 is 5.32 Å². The number of nitrogens with zero attached hydrogens (tertiary/aromatic N) is 1. The number of anilines is 1. The maximum absolute atomic E-state index is 12.4. The van der Waals surface area contributed by atoms with Crippen molar-refractivity contribution in [1.82, 2.24) is 0 Å². The summed E-state index contributed by atoms with van der Waals surface area (Å²) in [5.41, 5.74) is 1.84. The fraction of sp³-hybridized carbons (Fsp3) is 0.105. The molecule has 1 N–H and O–H groups in total. The highest BCUT2D eigenvalue weighted by Crippen LogP contribution is 2.25. The fourth-order valence-corrected chi connectivity index (χ4v) is 2.77. The summed E-state index contributed by atoms with van der Waals surface area (Å²) < 4.78 is 0. The third-order valence-electron chi connectivity index (χ3n) is 4.01. The summed E-state index contributed by atoms with van der Waals surface area (Å²) >= 11 is 0. The minimum absolute atomic E-state index is 0.00189. The van der Waals surface area contributed by atoms with Crippen LogP contribution in [0.1, 0.15) is 11.1 Å². The van der Waals surface area contributed by atoms with E-state index in [4.69, 9.17) is 0 Å². The van der Waals surface area contributed by atoms with Crippen molar-refractivity contribution in [3.8, 4) is 0 Å². The van der Waals surface area contributed by atoms with Gasteiger partial charge in [0.2, 0.25) is 5.91 Å². The lowest BCUT2D eigenvalue weighted by Gasteiger charge is -2.10. The van der Waals surface area contributed by atoms with Crippen LogP contribution >= 0.6 is 0 Å². The summed E-state index contributed by atoms with van der Waals surface area (Å²) in [4.78, 5) is 22.9. The molecule has 24 heavy (non-hydrogen) atoms. The number of nitrogens with one attached hydrogen (secondary N) is 1. The second-order valence-corrected chi connectivity index (χ2v) is 5.57. The van der Waals surface area contributed by atoms with Crippen LogP contribution in [0, 0.1) is 17.0 Å². The number of amides is 1. The molecule has 0 heterocycles. The summed E-state index contributed by atoms with van der Waals surface area (Å²) in [6, 6.07) is 18.4. The zero-order valence-corrected chi connectivity index (χ0v) is 13.2. The monoisotopic (exact) mass is 320 g/mol. The summed E-state index contributed by atoms with van der Waals surface area (Å²) in [6.07, 6.45) is 0.212. The van der Waals surface area contributed by atoms with Crippen molar-refractivity contribution in [3.63, 3.8) is 0 Å². The standard InChI is InChI=1S/C19H16N2O3/c1-13-17(10-5-11-18(13)21(23)24)20-19(22)12-15-8-4-7-14-6-2-3-9-16(14)15/h2-11H,12H2,1H3,(H,20,22). The molecule has 0 unspecified atom stereocenters. The smallest absolute Gasteiger partial charge is 0.274 e. The van der Waals surface area contributed by atoms with Crippen molar-refractivity contribution in [2.24, 2.45) is 0 Å². The molecule has 3 aromatic carbocycles. The normalized spacial score (nSPS) is 10.5. The topological polar surface area (TPSA) is 72.2 Å². The molecule has 1 amide bonds. The molecular weight excluding hydrogens is 304 g/mol. The lowest BCUT2D eigenvalue weighted by Crippen LogP contribution is -2.15. The molecule has 0 spiro atoms. The average Bonchev–Trinajstić information content (AvgIpc) is 2.57. The Kier molecular flexibility index (Phi) is 4.24. The number of nitro benzene ring substituents is 1. The van der Waals surface area contributed by atoms with Crippen molar-refractivity contribution >= 4 is 28.1 Å². The van der Waals surface area contributed by atoms with E-state index in [0.29, 0.717) is 11.3 Å². The van der Waals surface area contributed by atoms with Gasteiger partial charge in [-0.1, -0.05) is 48.5 Å². The fourth-order valence-electron chi connectivity index (χ4n) is 2.77. The van der Waals surface area contributed by atoms with Gasteiger partial charge in [0, 0.05) is 6.07 Å². The Morgan fingerprint density at radius 3 is 2.54 bits per heavy atom. The first-order valence-electron chi connectivity index (χ1n) is 7.57. The van der Waals surface area contributed by atoms with Crippen LogP contribution in [0.15, 0.2) is 60.7 Å². The molecule has 0 aliphatic heterocycles.